The molecule has 2 rings (SSSR count). The fraction of sp³-hybridized carbons (Fsp3) is 0.312. The maximum atomic E-state index is 11.9. The molecule has 23 heavy (non-hydrogen) atoms. The number of imide groups is 2. The largest absolute Gasteiger partial charge is 0.497 e. The van der Waals surface area contributed by atoms with Crippen LogP contribution in [0.2, 0.25) is 0 Å². The average Bonchev–Trinajstić information content (AvgIpc) is 2.73. The first kappa shape index (κ1) is 16.7. The zero-order valence-electron chi connectivity index (χ0n) is 13.2. The molecule has 1 aliphatic heterocycles. The van der Waals surface area contributed by atoms with Crippen LogP contribution >= 0.6 is 0 Å². The van der Waals surface area contributed by atoms with E-state index < -0.39 is 17.8 Å². The molecule has 0 atom stereocenters. The van der Waals surface area contributed by atoms with Gasteiger partial charge in [-0.2, -0.15) is 0 Å². The molecule has 1 aromatic rings. The molecule has 0 aromatic heterocycles. The molecule has 7 nitrogen and oxygen atoms in total. The highest BCUT2D eigenvalue weighted by molar-refractivity contribution is 6.44. The second-order valence-electron chi connectivity index (χ2n) is 5.17. The second-order valence-corrected chi connectivity index (χ2v) is 5.17. The third-order valence-corrected chi connectivity index (χ3v) is 3.54. The van der Waals surface area contributed by atoms with Crippen molar-refractivity contribution in [2.24, 2.45) is 0 Å². The number of ether oxygens (including phenoxy) is 1. The van der Waals surface area contributed by atoms with Crippen molar-refractivity contribution in [3.63, 3.8) is 0 Å². The number of likely N-dealkylation sites (N-methyl/N-ethyl adjacent to an activating group) is 1. The van der Waals surface area contributed by atoms with E-state index in [4.69, 9.17) is 4.74 Å². The van der Waals surface area contributed by atoms with Crippen molar-refractivity contribution in [3.8, 4) is 5.75 Å². The average molecular weight is 317 g/mol. The molecule has 1 heterocycles. The van der Waals surface area contributed by atoms with E-state index in [1.165, 1.54) is 7.05 Å². The Hall–Kier alpha value is -2.67. The highest BCUT2D eigenvalue weighted by atomic mass is 16.5. The lowest BCUT2D eigenvalue weighted by atomic mass is 10.2. The van der Waals surface area contributed by atoms with E-state index in [2.05, 4.69) is 6.58 Å². The van der Waals surface area contributed by atoms with E-state index in [1.54, 1.807) is 13.2 Å². The van der Waals surface area contributed by atoms with E-state index in [9.17, 15) is 14.4 Å². The topological polar surface area (TPSA) is 70.2 Å². The number of rotatable bonds is 7. The Morgan fingerprint density at radius 3 is 2.30 bits per heavy atom. The van der Waals surface area contributed by atoms with Gasteiger partial charge >= 0.3 is 17.8 Å². The van der Waals surface area contributed by atoms with Gasteiger partial charge in [0.1, 0.15) is 5.75 Å². The molecule has 0 saturated carbocycles. The first-order valence-corrected chi connectivity index (χ1v) is 7.07. The van der Waals surface area contributed by atoms with Crippen LogP contribution in [0.1, 0.15) is 5.56 Å². The number of nitrogens with zero attached hydrogens (tertiary/aromatic N) is 3. The summed E-state index contributed by atoms with van der Waals surface area (Å²) in [5.74, 6) is -0.861. The number of methoxy groups -OCH3 is 1. The van der Waals surface area contributed by atoms with Crippen molar-refractivity contribution in [1.82, 2.24) is 14.7 Å². The Balaban J connectivity index is 2.09. The summed E-state index contributed by atoms with van der Waals surface area (Å²) >= 11 is 0. The minimum atomic E-state index is -0.807. The standard InChI is InChI=1S/C16H19N3O4/c1-4-9-18(10-12-5-7-13(23-3)8-6-12)11-19-15(21)14(20)17(2)16(19)22/h4-8H,1,9-11H2,2-3H3. The lowest BCUT2D eigenvalue weighted by Gasteiger charge is -2.25. The van der Waals surface area contributed by atoms with Crippen molar-refractivity contribution in [2.75, 3.05) is 27.4 Å². The van der Waals surface area contributed by atoms with Gasteiger partial charge in [-0.3, -0.25) is 19.4 Å². The summed E-state index contributed by atoms with van der Waals surface area (Å²) in [5.41, 5.74) is 0.992. The van der Waals surface area contributed by atoms with E-state index in [-0.39, 0.29) is 6.67 Å². The molecule has 7 heteroatoms. The van der Waals surface area contributed by atoms with E-state index in [1.807, 2.05) is 29.2 Å². The third kappa shape index (κ3) is 3.57. The maximum absolute atomic E-state index is 11.9. The Bertz CT molecular complexity index is 627. The predicted octanol–water partition coefficient (Wildman–Crippen LogP) is 1.06. The van der Waals surface area contributed by atoms with E-state index in [0.717, 1.165) is 21.1 Å². The molecule has 1 aliphatic rings. The number of urea groups is 1. The highest BCUT2D eigenvalue weighted by Crippen LogP contribution is 2.15. The summed E-state index contributed by atoms with van der Waals surface area (Å²) in [6, 6.07) is 6.87. The van der Waals surface area contributed by atoms with Gasteiger partial charge < -0.3 is 4.74 Å². The van der Waals surface area contributed by atoms with Crippen molar-refractivity contribution < 1.29 is 19.1 Å². The van der Waals surface area contributed by atoms with Crippen LogP contribution in [0.5, 0.6) is 5.75 Å². The van der Waals surface area contributed by atoms with Crippen molar-refractivity contribution in [2.45, 2.75) is 6.54 Å². The summed E-state index contributed by atoms with van der Waals surface area (Å²) in [5, 5.41) is 0. The van der Waals surface area contributed by atoms with E-state index in [0.29, 0.717) is 13.1 Å². The molecule has 1 saturated heterocycles. The summed E-state index contributed by atoms with van der Waals surface area (Å²) < 4.78 is 5.11. The molecule has 0 spiro atoms. The monoisotopic (exact) mass is 317 g/mol. The van der Waals surface area contributed by atoms with Gasteiger partial charge in [-0.15, -0.1) is 6.58 Å². The van der Waals surface area contributed by atoms with Crippen LogP contribution in [0.15, 0.2) is 36.9 Å². The molecule has 0 N–H and O–H groups in total. The van der Waals surface area contributed by atoms with Crippen LogP contribution < -0.4 is 4.74 Å². The zero-order valence-corrected chi connectivity index (χ0v) is 13.2. The van der Waals surface area contributed by atoms with Gasteiger partial charge in [0.05, 0.1) is 13.8 Å². The molecule has 0 radical (unpaired) electrons. The van der Waals surface area contributed by atoms with Crippen LogP contribution in [0.3, 0.4) is 0 Å². The minimum absolute atomic E-state index is 0.0335. The molecule has 0 aliphatic carbocycles. The van der Waals surface area contributed by atoms with Gasteiger partial charge in [0, 0.05) is 20.1 Å². The molecule has 0 bridgehead atoms. The first-order chi connectivity index (χ1) is 11.0. The van der Waals surface area contributed by atoms with Gasteiger partial charge in [0.15, 0.2) is 0 Å². The number of carbonyl (C=O) groups excluding carboxylic acids is 3. The van der Waals surface area contributed by atoms with E-state index >= 15 is 0 Å². The molecule has 1 fully saturated rings. The fourth-order valence-corrected chi connectivity index (χ4v) is 2.28. The fourth-order valence-electron chi connectivity index (χ4n) is 2.28. The van der Waals surface area contributed by atoms with Gasteiger partial charge in [0.25, 0.3) is 0 Å². The molecule has 1 aromatic carbocycles. The Labute approximate surface area is 134 Å². The molecular formula is C16H19N3O4. The number of hydrogen-bond acceptors (Lipinski definition) is 5. The number of benzene rings is 1. The maximum Gasteiger partial charge on any atom is 0.335 e. The van der Waals surface area contributed by atoms with Crippen LogP contribution in [0, 0.1) is 0 Å². The first-order valence-electron chi connectivity index (χ1n) is 7.07. The summed E-state index contributed by atoms with van der Waals surface area (Å²) in [7, 11) is 2.89. The van der Waals surface area contributed by atoms with Crippen LogP contribution in [-0.4, -0.2) is 59.9 Å². The normalized spacial score (nSPS) is 14.8. The molecule has 122 valence electrons. The predicted molar refractivity (Wildman–Crippen MR) is 83.5 cm³/mol. The molecular weight excluding hydrogens is 298 g/mol. The van der Waals surface area contributed by atoms with Gasteiger partial charge in [-0.05, 0) is 17.7 Å². The Morgan fingerprint density at radius 1 is 1.17 bits per heavy atom. The minimum Gasteiger partial charge on any atom is -0.497 e. The Morgan fingerprint density at radius 2 is 1.83 bits per heavy atom. The van der Waals surface area contributed by atoms with Gasteiger partial charge in [-0.1, -0.05) is 18.2 Å². The number of carbonyl (C=O) groups is 3. The quantitative estimate of drug-likeness (QED) is 0.427. The smallest absolute Gasteiger partial charge is 0.335 e. The van der Waals surface area contributed by atoms with Crippen molar-refractivity contribution in [3.05, 3.63) is 42.5 Å². The van der Waals surface area contributed by atoms with Crippen molar-refractivity contribution in [1.29, 1.82) is 0 Å². The Kier molecular flexibility index (Phi) is 5.13. The zero-order chi connectivity index (χ0) is 17.0. The van der Waals surface area contributed by atoms with Gasteiger partial charge in [0.2, 0.25) is 0 Å². The molecule has 0 unspecified atom stereocenters. The third-order valence-electron chi connectivity index (χ3n) is 3.54. The highest BCUT2D eigenvalue weighted by Gasteiger charge is 2.42. The number of amides is 4. The lowest BCUT2D eigenvalue weighted by molar-refractivity contribution is -0.143. The lowest BCUT2D eigenvalue weighted by Crippen LogP contribution is -2.41. The van der Waals surface area contributed by atoms with Crippen LogP contribution in [-0.2, 0) is 16.1 Å². The molecule has 4 amide bonds. The second kappa shape index (κ2) is 7.06. The summed E-state index contributed by atoms with van der Waals surface area (Å²) in [6.45, 7) is 4.70. The summed E-state index contributed by atoms with van der Waals surface area (Å²) in [6.07, 6.45) is 1.68. The van der Waals surface area contributed by atoms with Crippen molar-refractivity contribution >= 4 is 17.8 Å². The SMILES string of the molecule is C=CCN(Cc1ccc(OC)cc1)CN1C(=O)C(=O)N(C)C1=O. The van der Waals surface area contributed by atoms with Crippen LogP contribution in [0.25, 0.3) is 0 Å². The van der Waals surface area contributed by atoms with Crippen LogP contribution in [0.4, 0.5) is 4.79 Å². The summed E-state index contributed by atoms with van der Waals surface area (Å²) in [4.78, 5) is 39.0. The number of hydrogen-bond donors (Lipinski definition) is 0. The van der Waals surface area contributed by atoms with Gasteiger partial charge in [-0.25, -0.2) is 9.69 Å².